The number of aliphatic hydroxyl groups excluding tert-OH is 3. The number of benzene rings is 1. The summed E-state index contributed by atoms with van der Waals surface area (Å²) in [4.78, 5) is 54.0. The molecule has 2 saturated heterocycles. The highest BCUT2D eigenvalue weighted by Gasteiger charge is 2.60. The van der Waals surface area contributed by atoms with Crippen molar-refractivity contribution in [3.63, 3.8) is 0 Å². The van der Waals surface area contributed by atoms with Gasteiger partial charge in [-0.1, -0.05) is 66.1 Å². The maximum atomic E-state index is 14.8. The van der Waals surface area contributed by atoms with E-state index in [1.807, 2.05) is 13.0 Å². The van der Waals surface area contributed by atoms with E-state index in [-0.39, 0.29) is 48.2 Å². The number of carboxylic acids is 1. The molecule has 0 aromatic heterocycles. The lowest BCUT2D eigenvalue weighted by molar-refractivity contribution is -0.318. The highest BCUT2D eigenvalue weighted by atomic mass is 79.9. The molecule has 4 aliphatic heterocycles. The average Bonchev–Trinajstić information content (AvgIpc) is 3.50. The second-order valence-corrected chi connectivity index (χ2v) is 20.4. The zero-order chi connectivity index (χ0) is 48.1. The van der Waals surface area contributed by atoms with Crippen LogP contribution in [-0.2, 0) is 47.5 Å². The van der Waals surface area contributed by atoms with Gasteiger partial charge in [0, 0.05) is 41.1 Å². The number of allylic oxidation sites excluding steroid dienone is 2. The van der Waals surface area contributed by atoms with Gasteiger partial charge >= 0.3 is 23.9 Å². The molecule has 67 heavy (non-hydrogen) atoms. The Bertz CT molecular complexity index is 2210. The molecule has 7 aliphatic rings. The zero-order valence-corrected chi connectivity index (χ0v) is 40.3. The summed E-state index contributed by atoms with van der Waals surface area (Å²) in [5, 5.41) is 44.3. The molecule has 0 amide bonds. The van der Waals surface area contributed by atoms with Crippen molar-refractivity contribution in [3.05, 3.63) is 75.2 Å². The predicted molar refractivity (Wildman–Crippen MR) is 241 cm³/mol. The normalized spacial score (nSPS) is 40.0. The van der Waals surface area contributed by atoms with Gasteiger partial charge in [0.25, 0.3) is 5.76 Å². The van der Waals surface area contributed by atoms with Gasteiger partial charge < -0.3 is 58.3 Å². The van der Waals surface area contributed by atoms with E-state index in [0.717, 1.165) is 19.3 Å². The van der Waals surface area contributed by atoms with Crippen LogP contribution in [0.3, 0.4) is 0 Å². The summed E-state index contributed by atoms with van der Waals surface area (Å²) in [5.41, 5.74) is -1.75. The number of rotatable bonds is 8. The van der Waals surface area contributed by atoms with Crippen LogP contribution in [0.25, 0.3) is 0 Å². The van der Waals surface area contributed by atoms with E-state index < -0.39 is 114 Å². The van der Waals surface area contributed by atoms with E-state index in [4.69, 9.17) is 37.9 Å². The van der Waals surface area contributed by atoms with Crippen LogP contribution in [0.15, 0.2) is 64.1 Å². The Kier molecular flexibility index (Phi) is 14.5. The minimum atomic E-state index is -1.62. The molecule has 4 N–H and O–H groups in total. The number of methoxy groups -OCH3 is 1. The minimum absolute atomic E-state index is 0.00628. The quantitative estimate of drug-likeness (QED) is 0.116. The molecule has 16 nitrogen and oxygen atoms in total. The largest absolute Gasteiger partial charge is 0.505 e. The number of fused-ring (bicyclic) bond motifs is 3. The number of aliphatic hydroxyl groups is 3. The molecule has 16 atom stereocenters. The standard InChI is InChI=1S/C50H63BrO16/c1-24-23-50-29(20-31(24)45(55)56)13-10-8-7-9-12-28-16-17-30-32(49(28,5)48(59)66-43(44(50)54)47(58)67-50)14-11-15-35(30)63-38-21-34(52)42(27(4)62-38)65-39-22-37(41(53)26(3)61-39)64-46(57)40-25(2)33(51)18-19-36(40)60-6/h10,13,16-20,24,26-30,32,34-35,37-39,41-42,52-54H,7-9,11-12,14-15,21-23H2,1-6H3,(H,55,56)/t24-,26-,27?,28-,29-,30+,32-,34-,35+,37-,38+,39+,41-,42-,49-,50+/m1/s1. The maximum Gasteiger partial charge on any atom is 0.379 e. The number of hydrogen-bond acceptors (Lipinski definition) is 15. The van der Waals surface area contributed by atoms with Crippen LogP contribution in [0.5, 0.6) is 5.75 Å². The predicted octanol–water partition coefficient (Wildman–Crippen LogP) is 7.07. The Labute approximate surface area is 398 Å². The summed E-state index contributed by atoms with van der Waals surface area (Å²) in [6.45, 7) is 8.74. The van der Waals surface area contributed by atoms with Crippen LogP contribution >= 0.6 is 15.9 Å². The lowest BCUT2D eigenvalue weighted by atomic mass is 9.55. The van der Waals surface area contributed by atoms with Crippen molar-refractivity contribution in [2.45, 2.75) is 160 Å². The molecular weight excluding hydrogens is 936 g/mol. The molecule has 1 aromatic carbocycles. The van der Waals surface area contributed by atoms with E-state index in [1.165, 1.54) is 13.2 Å². The van der Waals surface area contributed by atoms with Crippen LogP contribution in [-0.4, -0.2) is 112 Å². The first-order valence-corrected chi connectivity index (χ1v) is 24.4. The molecule has 1 saturated carbocycles. The van der Waals surface area contributed by atoms with Gasteiger partial charge in [0.1, 0.15) is 29.6 Å². The van der Waals surface area contributed by atoms with E-state index in [1.54, 1.807) is 45.9 Å². The van der Waals surface area contributed by atoms with E-state index >= 15 is 0 Å². The van der Waals surface area contributed by atoms with Crippen LogP contribution in [0.4, 0.5) is 0 Å². The topological polar surface area (TPSA) is 223 Å². The van der Waals surface area contributed by atoms with Crippen molar-refractivity contribution in [3.8, 4) is 5.75 Å². The van der Waals surface area contributed by atoms with Gasteiger partial charge in [-0.15, -0.1) is 0 Å². The third-order valence-electron chi connectivity index (χ3n) is 15.5. The minimum Gasteiger partial charge on any atom is -0.505 e. The molecule has 1 unspecified atom stereocenters. The number of ether oxygens (including phenoxy) is 8. The van der Waals surface area contributed by atoms with Crippen LogP contribution in [0.1, 0.15) is 108 Å². The highest BCUT2D eigenvalue weighted by molar-refractivity contribution is 9.10. The van der Waals surface area contributed by atoms with E-state index in [0.29, 0.717) is 41.5 Å². The van der Waals surface area contributed by atoms with E-state index in [2.05, 4.69) is 28.1 Å². The molecule has 4 heterocycles. The number of halogens is 1. The van der Waals surface area contributed by atoms with Gasteiger partial charge in [-0.25, -0.2) is 14.4 Å². The first-order valence-electron chi connectivity index (χ1n) is 23.6. The highest BCUT2D eigenvalue weighted by Crippen LogP contribution is 2.55. The third-order valence-corrected chi connectivity index (χ3v) is 16.3. The number of carboxylic acid groups (broad SMARTS) is 1. The molecule has 3 aliphatic carbocycles. The fourth-order valence-corrected chi connectivity index (χ4v) is 12.0. The van der Waals surface area contributed by atoms with Crippen LogP contribution in [0, 0.1) is 41.9 Å². The summed E-state index contributed by atoms with van der Waals surface area (Å²) in [5.74, 6) is -6.30. The van der Waals surface area contributed by atoms with Gasteiger partial charge in [-0.3, -0.25) is 4.79 Å². The first-order chi connectivity index (χ1) is 31.9. The summed E-state index contributed by atoms with van der Waals surface area (Å²) in [7, 11) is 1.46. The summed E-state index contributed by atoms with van der Waals surface area (Å²) < 4.78 is 49.3. The second-order valence-electron chi connectivity index (χ2n) is 19.5. The summed E-state index contributed by atoms with van der Waals surface area (Å²) in [6.07, 6.45) is 6.73. The molecule has 1 spiro atoms. The first kappa shape index (κ1) is 49.3. The van der Waals surface area contributed by atoms with Gasteiger partial charge in [0.2, 0.25) is 0 Å². The second kappa shape index (κ2) is 19.7. The van der Waals surface area contributed by atoms with Gasteiger partial charge in [0.15, 0.2) is 23.9 Å². The zero-order valence-electron chi connectivity index (χ0n) is 38.8. The van der Waals surface area contributed by atoms with Crippen LogP contribution in [0.2, 0.25) is 0 Å². The fraction of sp³-hybridized carbons (Fsp3) is 0.640. The van der Waals surface area contributed by atoms with E-state index in [9.17, 15) is 39.6 Å². The summed E-state index contributed by atoms with van der Waals surface area (Å²) in [6, 6.07) is 3.42. The van der Waals surface area contributed by atoms with Crippen molar-refractivity contribution >= 4 is 39.8 Å². The Morgan fingerprint density at radius 3 is 2.39 bits per heavy atom. The number of carbonyl (C=O) groups is 4. The van der Waals surface area contributed by atoms with Gasteiger partial charge in [-0.05, 0) is 95.2 Å². The lowest BCUT2D eigenvalue weighted by Crippen LogP contribution is -2.56. The van der Waals surface area contributed by atoms with Crippen molar-refractivity contribution in [1.29, 1.82) is 0 Å². The Balaban J connectivity index is 0.952. The average molecular weight is 1000 g/mol. The molecule has 3 fully saturated rings. The molecule has 2 bridgehead atoms. The maximum absolute atomic E-state index is 14.8. The fourth-order valence-electron chi connectivity index (χ4n) is 11.7. The molecule has 0 radical (unpaired) electrons. The third kappa shape index (κ3) is 9.26. The lowest BCUT2D eigenvalue weighted by Gasteiger charge is -2.51. The number of esters is 3. The van der Waals surface area contributed by atoms with Crippen LogP contribution < -0.4 is 4.74 Å². The molecule has 1 aromatic rings. The van der Waals surface area contributed by atoms with Crippen molar-refractivity contribution < 1.29 is 77.5 Å². The van der Waals surface area contributed by atoms with Crippen molar-refractivity contribution in [2.24, 2.45) is 35.0 Å². The number of carbonyl (C=O) groups excluding carboxylic acids is 3. The van der Waals surface area contributed by atoms with Gasteiger partial charge in [-0.2, -0.15) is 0 Å². The van der Waals surface area contributed by atoms with Crippen molar-refractivity contribution in [2.75, 3.05) is 7.11 Å². The SMILES string of the molecule is COc1ccc(Br)c(C)c1C(=O)O[C@@H]1C[C@H](O[C@@H]2C(C)O[C@@H](O[C@H]3CCC[C@@H]4[C@@H]3C=C[C@H]3CCCCC=C[C@@H]5C=C(C(=O)O)[C@H](C)C[C@]56OC(=O)C(=C6O)OC(=O)[C@@]43C)C[C@H]2O)O[C@H](C)[C@H]1O. The van der Waals surface area contributed by atoms with Crippen molar-refractivity contribution in [1.82, 2.24) is 0 Å². The van der Waals surface area contributed by atoms with Gasteiger partial charge in [0.05, 0.1) is 36.9 Å². The smallest absolute Gasteiger partial charge is 0.379 e. The molecular formula is C50H63BrO16. The Hall–Kier alpha value is -4.10. The molecule has 366 valence electrons. The number of hydrogen-bond donors (Lipinski definition) is 4. The molecule has 17 heteroatoms. The summed E-state index contributed by atoms with van der Waals surface area (Å²) >= 11 is 3.45. The Morgan fingerprint density at radius 2 is 1.66 bits per heavy atom. The Morgan fingerprint density at radius 1 is 0.910 bits per heavy atom. The molecule has 8 rings (SSSR count). The number of aliphatic carboxylic acids is 1. The monoisotopic (exact) mass is 998 g/mol.